The van der Waals surface area contributed by atoms with Gasteiger partial charge in [-0.05, 0) is 42.5 Å². The molecule has 0 radical (unpaired) electrons. The van der Waals surface area contributed by atoms with E-state index in [9.17, 15) is 13.2 Å². The van der Waals surface area contributed by atoms with Crippen molar-refractivity contribution >= 4 is 27.4 Å². The van der Waals surface area contributed by atoms with E-state index in [4.69, 9.17) is 0 Å². The van der Waals surface area contributed by atoms with Gasteiger partial charge in [0.2, 0.25) is 10.0 Å². The molecule has 2 aromatic carbocycles. The Balaban J connectivity index is 2.18. The summed E-state index contributed by atoms with van der Waals surface area (Å²) in [5, 5.41) is 5.82. The number of rotatable bonds is 6. The molecule has 3 N–H and O–H groups in total. The van der Waals surface area contributed by atoms with E-state index >= 15 is 0 Å². The maximum atomic E-state index is 12.6. The van der Waals surface area contributed by atoms with Gasteiger partial charge in [0.05, 0.1) is 18.0 Å². The maximum Gasteiger partial charge on any atom is 0.319 e. The highest BCUT2D eigenvalue weighted by Gasteiger charge is 2.17. The average molecular weight is 390 g/mol. The highest BCUT2D eigenvalue weighted by molar-refractivity contribution is 7.92. The first-order chi connectivity index (χ1) is 12.6. The lowest BCUT2D eigenvalue weighted by Gasteiger charge is -2.21. The summed E-state index contributed by atoms with van der Waals surface area (Å²) in [6.07, 6.45) is 1.10. The van der Waals surface area contributed by atoms with Gasteiger partial charge < -0.3 is 10.6 Å². The summed E-state index contributed by atoms with van der Waals surface area (Å²) in [4.78, 5) is 12.6. The predicted molar refractivity (Wildman–Crippen MR) is 111 cm³/mol. The van der Waals surface area contributed by atoms with Crippen LogP contribution in [0, 0.1) is 6.92 Å². The molecule has 146 valence electrons. The predicted octanol–water partition coefficient (Wildman–Crippen LogP) is 4.37. The molecule has 0 spiro atoms. The van der Waals surface area contributed by atoms with Crippen LogP contribution in [0.25, 0.3) is 0 Å². The van der Waals surface area contributed by atoms with Crippen LogP contribution in [0.3, 0.4) is 0 Å². The van der Waals surface area contributed by atoms with E-state index in [0.29, 0.717) is 11.3 Å². The number of aryl methyl sites for hydroxylation is 1. The number of anilines is 2. The molecule has 0 aliphatic rings. The van der Waals surface area contributed by atoms with Gasteiger partial charge in [0.25, 0.3) is 0 Å². The van der Waals surface area contributed by atoms with Gasteiger partial charge in [-0.1, -0.05) is 50.2 Å². The monoisotopic (exact) mass is 389 g/mol. The van der Waals surface area contributed by atoms with Crippen LogP contribution < -0.4 is 15.4 Å². The molecule has 0 fully saturated rings. The second-order valence-electron chi connectivity index (χ2n) is 6.98. The highest BCUT2D eigenvalue weighted by atomic mass is 32.2. The SMILES string of the molecule is Cc1cccc(C(C)C)c1NC(=O)N[C@@H](C)c1ccccc1NS(C)(=O)=O. The topological polar surface area (TPSA) is 87.3 Å². The van der Waals surface area contributed by atoms with E-state index in [1.54, 1.807) is 24.3 Å². The number of hydrogen-bond donors (Lipinski definition) is 3. The van der Waals surface area contributed by atoms with Crippen LogP contribution in [-0.2, 0) is 10.0 Å². The summed E-state index contributed by atoms with van der Waals surface area (Å²) in [7, 11) is -3.41. The van der Waals surface area contributed by atoms with Gasteiger partial charge in [-0.15, -0.1) is 0 Å². The largest absolute Gasteiger partial charge is 0.331 e. The molecule has 0 heterocycles. The van der Waals surface area contributed by atoms with Gasteiger partial charge in [-0.25, -0.2) is 13.2 Å². The Labute approximate surface area is 161 Å². The molecule has 7 heteroatoms. The van der Waals surface area contributed by atoms with Crippen molar-refractivity contribution in [3.05, 3.63) is 59.2 Å². The first-order valence-corrected chi connectivity index (χ1v) is 10.7. The fraction of sp³-hybridized carbons (Fsp3) is 0.350. The molecular formula is C20H27N3O3S. The van der Waals surface area contributed by atoms with Crippen molar-refractivity contribution < 1.29 is 13.2 Å². The molecule has 0 bridgehead atoms. The van der Waals surface area contributed by atoms with Crippen LogP contribution in [-0.4, -0.2) is 20.7 Å². The van der Waals surface area contributed by atoms with Gasteiger partial charge in [0.15, 0.2) is 0 Å². The number of hydrogen-bond acceptors (Lipinski definition) is 3. The average Bonchev–Trinajstić information content (AvgIpc) is 2.55. The summed E-state index contributed by atoms with van der Waals surface area (Å²) in [6, 6.07) is 12.2. The number of para-hydroxylation sites is 2. The Morgan fingerprint density at radius 2 is 1.59 bits per heavy atom. The lowest BCUT2D eigenvalue weighted by Crippen LogP contribution is -2.32. The molecular weight excluding hydrogens is 362 g/mol. The minimum Gasteiger partial charge on any atom is -0.331 e. The zero-order chi connectivity index (χ0) is 20.2. The second kappa shape index (κ2) is 8.43. The van der Waals surface area contributed by atoms with Gasteiger partial charge in [0, 0.05) is 5.69 Å². The molecule has 0 unspecified atom stereocenters. The van der Waals surface area contributed by atoms with Crippen molar-refractivity contribution in [3.8, 4) is 0 Å². The van der Waals surface area contributed by atoms with Crippen molar-refractivity contribution in [3.63, 3.8) is 0 Å². The summed E-state index contributed by atoms with van der Waals surface area (Å²) >= 11 is 0. The standard InChI is InChI=1S/C20H27N3O3S/c1-13(2)16-11-8-9-14(3)19(16)22-20(24)21-15(4)17-10-6-7-12-18(17)23-27(5,25)26/h6-13,15,23H,1-5H3,(H2,21,22,24)/t15-/m0/s1. The van der Waals surface area contributed by atoms with Crippen molar-refractivity contribution in [2.45, 2.75) is 39.7 Å². The Morgan fingerprint density at radius 3 is 2.22 bits per heavy atom. The summed E-state index contributed by atoms with van der Waals surface area (Å²) < 4.78 is 25.6. The lowest BCUT2D eigenvalue weighted by atomic mass is 9.98. The van der Waals surface area contributed by atoms with Crippen LogP contribution in [0.5, 0.6) is 0 Å². The van der Waals surface area contributed by atoms with Crippen LogP contribution >= 0.6 is 0 Å². The van der Waals surface area contributed by atoms with Crippen LogP contribution in [0.4, 0.5) is 16.2 Å². The zero-order valence-corrected chi connectivity index (χ0v) is 17.1. The third-order valence-corrected chi connectivity index (χ3v) is 4.83. The number of carbonyl (C=O) groups excluding carboxylic acids is 1. The Kier molecular flexibility index (Phi) is 6.49. The third-order valence-electron chi connectivity index (χ3n) is 4.24. The van der Waals surface area contributed by atoms with E-state index < -0.39 is 10.0 Å². The molecule has 1 atom stereocenters. The van der Waals surface area contributed by atoms with Crippen molar-refractivity contribution in [1.82, 2.24) is 5.32 Å². The maximum absolute atomic E-state index is 12.6. The quantitative estimate of drug-likeness (QED) is 0.685. The summed E-state index contributed by atoms with van der Waals surface area (Å²) in [6.45, 7) is 7.92. The Morgan fingerprint density at radius 1 is 0.963 bits per heavy atom. The summed E-state index contributed by atoms with van der Waals surface area (Å²) in [5.41, 5.74) is 4.00. The molecule has 2 rings (SSSR count). The van der Waals surface area contributed by atoms with Gasteiger partial charge >= 0.3 is 6.03 Å². The molecule has 6 nitrogen and oxygen atoms in total. The number of urea groups is 1. The van der Waals surface area contributed by atoms with Crippen molar-refractivity contribution in [2.75, 3.05) is 16.3 Å². The third kappa shape index (κ3) is 5.72. The Hall–Kier alpha value is -2.54. The molecule has 0 aliphatic heterocycles. The smallest absolute Gasteiger partial charge is 0.319 e. The van der Waals surface area contributed by atoms with Gasteiger partial charge in [-0.3, -0.25) is 4.72 Å². The van der Waals surface area contributed by atoms with Crippen LogP contribution in [0.1, 0.15) is 49.4 Å². The molecule has 0 saturated carbocycles. The minimum atomic E-state index is -3.41. The normalized spacial score (nSPS) is 12.5. The number of nitrogens with one attached hydrogen (secondary N) is 3. The zero-order valence-electron chi connectivity index (χ0n) is 16.3. The molecule has 0 aromatic heterocycles. The molecule has 0 aliphatic carbocycles. The Bertz CT molecular complexity index is 924. The summed E-state index contributed by atoms with van der Waals surface area (Å²) in [5.74, 6) is 0.275. The van der Waals surface area contributed by atoms with Crippen LogP contribution in [0.15, 0.2) is 42.5 Å². The highest BCUT2D eigenvalue weighted by Crippen LogP contribution is 2.28. The van der Waals surface area contributed by atoms with E-state index in [2.05, 4.69) is 29.2 Å². The minimum absolute atomic E-state index is 0.275. The second-order valence-corrected chi connectivity index (χ2v) is 8.72. The number of sulfonamides is 1. The van der Waals surface area contributed by atoms with Gasteiger partial charge in [-0.2, -0.15) is 0 Å². The van der Waals surface area contributed by atoms with Crippen molar-refractivity contribution in [2.24, 2.45) is 0 Å². The molecule has 2 aromatic rings. The molecule has 2 amide bonds. The fourth-order valence-electron chi connectivity index (χ4n) is 2.93. The number of amides is 2. The molecule has 0 saturated heterocycles. The first kappa shape index (κ1) is 20.8. The van der Waals surface area contributed by atoms with Gasteiger partial charge in [0.1, 0.15) is 0 Å². The van der Waals surface area contributed by atoms with E-state index in [0.717, 1.165) is 23.1 Å². The van der Waals surface area contributed by atoms with E-state index in [1.807, 2.05) is 32.0 Å². The van der Waals surface area contributed by atoms with Crippen molar-refractivity contribution in [1.29, 1.82) is 0 Å². The van der Waals surface area contributed by atoms with Crippen LogP contribution in [0.2, 0.25) is 0 Å². The first-order valence-electron chi connectivity index (χ1n) is 8.82. The van der Waals surface area contributed by atoms with E-state index in [-0.39, 0.29) is 18.0 Å². The number of benzene rings is 2. The van der Waals surface area contributed by atoms with E-state index in [1.165, 1.54) is 0 Å². The lowest BCUT2D eigenvalue weighted by molar-refractivity contribution is 0.249. The fourth-order valence-corrected chi connectivity index (χ4v) is 3.52. The number of carbonyl (C=O) groups is 1. The molecule has 27 heavy (non-hydrogen) atoms.